The van der Waals surface area contributed by atoms with E-state index in [0.29, 0.717) is 11.4 Å². The Hall–Kier alpha value is -1.54. The van der Waals surface area contributed by atoms with Crippen molar-refractivity contribution in [2.45, 2.75) is 13.3 Å². The normalized spacial score (nSPS) is 10.6. The van der Waals surface area contributed by atoms with Gasteiger partial charge in [-0.25, -0.2) is 0 Å². The lowest BCUT2D eigenvalue weighted by molar-refractivity contribution is -0.116. The van der Waals surface area contributed by atoms with Gasteiger partial charge >= 0.3 is 0 Å². The van der Waals surface area contributed by atoms with E-state index in [1.54, 1.807) is 13.0 Å². The predicted molar refractivity (Wildman–Crippen MR) is 65.0 cm³/mol. The monoisotopic (exact) mass is 234 g/mol. The van der Waals surface area contributed by atoms with E-state index in [2.05, 4.69) is 0 Å². The lowest BCUT2D eigenvalue weighted by Crippen LogP contribution is -1.95. The molecule has 0 aliphatic rings. The van der Waals surface area contributed by atoms with E-state index in [9.17, 15) is 9.90 Å². The van der Waals surface area contributed by atoms with Crippen LogP contribution in [-0.4, -0.2) is 10.9 Å². The maximum absolute atomic E-state index is 11.0. The minimum absolute atomic E-state index is 0.120. The van der Waals surface area contributed by atoms with Crippen LogP contribution < -0.4 is 0 Å². The van der Waals surface area contributed by atoms with Crippen LogP contribution in [0.25, 0.3) is 10.8 Å². The van der Waals surface area contributed by atoms with Gasteiger partial charge in [-0.1, -0.05) is 23.7 Å². The van der Waals surface area contributed by atoms with Crippen LogP contribution in [-0.2, 0) is 11.2 Å². The summed E-state index contributed by atoms with van der Waals surface area (Å²) in [6.07, 6.45) is 0.410. The van der Waals surface area contributed by atoms with E-state index in [0.717, 1.165) is 16.3 Å². The van der Waals surface area contributed by atoms with E-state index < -0.39 is 0 Å². The molecule has 1 N–H and O–H groups in total. The van der Waals surface area contributed by atoms with Crippen molar-refractivity contribution in [1.82, 2.24) is 0 Å². The molecule has 0 atom stereocenters. The maximum atomic E-state index is 11.0. The zero-order valence-electron chi connectivity index (χ0n) is 8.83. The first kappa shape index (κ1) is 11.0. The van der Waals surface area contributed by atoms with Gasteiger partial charge in [-0.2, -0.15) is 0 Å². The number of rotatable bonds is 2. The number of phenolic OH excluding ortho intramolecular Hbond substituents is 1. The first-order valence-electron chi connectivity index (χ1n) is 4.97. The first-order valence-corrected chi connectivity index (χ1v) is 5.34. The highest BCUT2D eigenvalue weighted by molar-refractivity contribution is 6.35. The molecular formula is C13H11ClO2. The first-order chi connectivity index (χ1) is 7.56. The highest BCUT2D eigenvalue weighted by atomic mass is 35.5. The topological polar surface area (TPSA) is 37.3 Å². The molecule has 0 spiro atoms. The number of aromatic hydroxyl groups is 1. The number of phenols is 1. The molecule has 0 radical (unpaired) electrons. The van der Waals surface area contributed by atoms with Gasteiger partial charge in [0.25, 0.3) is 0 Å². The van der Waals surface area contributed by atoms with Crippen LogP contribution >= 0.6 is 11.6 Å². The largest absolute Gasteiger partial charge is 0.508 e. The summed E-state index contributed by atoms with van der Waals surface area (Å²) >= 11 is 6.03. The van der Waals surface area contributed by atoms with E-state index in [-0.39, 0.29) is 11.5 Å². The van der Waals surface area contributed by atoms with E-state index in [4.69, 9.17) is 11.6 Å². The smallest absolute Gasteiger partial charge is 0.134 e. The molecule has 0 bridgehead atoms. The van der Waals surface area contributed by atoms with Crippen molar-refractivity contribution >= 4 is 28.2 Å². The van der Waals surface area contributed by atoms with E-state index >= 15 is 0 Å². The Morgan fingerprint density at radius 1 is 1.31 bits per heavy atom. The summed E-state index contributed by atoms with van der Waals surface area (Å²) in [6, 6.07) is 8.78. The molecule has 16 heavy (non-hydrogen) atoms. The fourth-order valence-electron chi connectivity index (χ4n) is 1.74. The average molecular weight is 235 g/mol. The van der Waals surface area contributed by atoms with E-state index in [1.165, 1.54) is 6.07 Å². The summed E-state index contributed by atoms with van der Waals surface area (Å²) in [4.78, 5) is 11.0. The third kappa shape index (κ3) is 2.17. The van der Waals surface area contributed by atoms with Crippen LogP contribution in [0.3, 0.4) is 0 Å². The molecule has 2 nitrogen and oxygen atoms in total. The number of fused-ring (bicyclic) bond motifs is 1. The fourth-order valence-corrected chi connectivity index (χ4v) is 2.02. The Balaban J connectivity index is 2.57. The fraction of sp³-hybridized carbons (Fsp3) is 0.154. The van der Waals surface area contributed by atoms with Crippen molar-refractivity contribution < 1.29 is 9.90 Å². The molecule has 2 aromatic carbocycles. The molecule has 0 heterocycles. The average Bonchev–Trinajstić information content (AvgIpc) is 2.18. The third-order valence-electron chi connectivity index (χ3n) is 2.41. The molecule has 2 aromatic rings. The standard InChI is InChI=1S/C13H11ClO2/c1-8(15)4-9-2-3-10-6-11(16)7-13(14)12(10)5-9/h2-3,5-7,16H,4H2,1H3. The van der Waals surface area contributed by atoms with E-state index in [1.807, 2.05) is 18.2 Å². The van der Waals surface area contributed by atoms with Gasteiger partial charge in [-0.3, -0.25) is 4.79 Å². The van der Waals surface area contributed by atoms with Crippen LogP contribution in [0, 0.1) is 0 Å². The van der Waals surface area contributed by atoms with Gasteiger partial charge in [0, 0.05) is 11.8 Å². The van der Waals surface area contributed by atoms with Gasteiger partial charge in [0.2, 0.25) is 0 Å². The minimum atomic E-state index is 0.120. The van der Waals surface area contributed by atoms with Gasteiger partial charge in [0.15, 0.2) is 0 Å². The van der Waals surface area contributed by atoms with Gasteiger partial charge in [-0.15, -0.1) is 0 Å². The van der Waals surface area contributed by atoms with Crippen molar-refractivity contribution in [2.75, 3.05) is 0 Å². The number of ketones is 1. The number of carbonyl (C=O) groups is 1. The van der Waals surface area contributed by atoms with Crippen LogP contribution in [0.5, 0.6) is 5.75 Å². The third-order valence-corrected chi connectivity index (χ3v) is 2.72. The highest BCUT2D eigenvalue weighted by Crippen LogP contribution is 2.29. The summed E-state index contributed by atoms with van der Waals surface area (Å²) in [5.74, 6) is 0.270. The highest BCUT2D eigenvalue weighted by Gasteiger charge is 2.04. The van der Waals surface area contributed by atoms with Crippen molar-refractivity contribution in [3.8, 4) is 5.75 Å². The summed E-state index contributed by atoms with van der Waals surface area (Å²) in [5, 5.41) is 11.6. The molecule has 0 aliphatic carbocycles. The zero-order chi connectivity index (χ0) is 11.7. The summed E-state index contributed by atoms with van der Waals surface area (Å²) in [6.45, 7) is 1.56. The quantitative estimate of drug-likeness (QED) is 0.866. The summed E-state index contributed by atoms with van der Waals surface area (Å²) in [5.41, 5.74) is 0.938. The van der Waals surface area contributed by atoms with Crippen molar-refractivity contribution in [3.63, 3.8) is 0 Å². The number of hydrogen-bond acceptors (Lipinski definition) is 2. The van der Waals surface area contributed by atoms with Gasteiger partial charge < -0.3 is 5.11 Å². The second-order valence-electron chi connectivity index (χ2n) is 3.86. The molecule has 0 saturated heterocycles. The Bertz CT molecular complexity index is 561. The molecule has 0 saturated carbocycles. The molecule has 0 amide bonds. The summed E-state index contributed by atoms with van der Waals surface area (Å²) < 4.78 is 0. The van der Waals surface area contributed by atoms with Gasteiger partial charge in [-0.05, 0) is 36.1 Å². The molecule has 3 heteroatoms. The lowest BCUT2D eigenvalue weighted by atomic mass is 10.0. The number of benzene rings is 2. The van der Waals surface area contributed by atoms with Crippen LogP contribution in [0.1, 0.15) is 12.5 Å². The molecule has 0 aliphatic heterocycles. The molecule has 0 aromatic heterocycles. The Kier molecular flexibility index (Phi) is 2.84. The molecule has 2 rings (SSSR count). The zero-order valence-corrected chi connectivity index (χ0v) is 9.58. The van der Waals surface area contributed by atoms with Gasteiger partial charge in [0.1, 0.15) is 11.5 Å². The Morgan fingerprint density at radius 2 is 2.06 bits per heavy atom. The maximum Gasteiger partial charge on any atom is 0.134 e. The van der Waals surface area contributed by atoms with Crippen molar-refractivity contribution in [3.05, 3.63) is 40.9 Å². The van der Waals surface area contributed by atoms with Gasteiger partial charge in [0.05, 0.1) is 5.02 Å². The minimum Gasteiger partial charge on any atom is -0.508 e. The van der Waals surface area contributed by atoms with Crippen LogP contribution in [0.15, 0.2) is 30.3 Å². The number of carbonyl (C=O) groups excluding carboxylic acids is 1. The SMILES string of the molecule is CC(=O)Cc1ccc2cc(O)cc(Cl)c2c1. The second kappa shape index (κ2) is 4.14. The molecule has 0 unspecified atom stereocenters. The molecular weight excluding hydrogens is 224 g/mol. The number of Topliss-reactive ketones (excluding diaryl/α,β-unsaturated/α-hetero) is 1. The predicted octanol–water partition coefficient (Wildman–Crippen LogP) is 3.33. The molecule has 0 fully saturated rings. The Labute approximate surface area is 98.5 Å². The van der Waals surface area contributed by atoms with Crippen molar-refractivity contribution in [1.29, 1.82) is 0 Å². The molecule has 82 valence electrons. The number of halogens is 1. The van der Waals surface area contributed by atoms with Crippen LogP contribution in [0.4, 0.5) is 0 Å². The number of hydrogen-bond donors (Lipinski definition) is 1. The Morgan fingerprint density at radius 3 is 2.75 bits per heavy atom. The summed E-state index contributed by atoms with van der Waals surface area (Å²) in [7, 11) is 0. The van der Waals surface area contributed by atoms with Crippen molar-refractivity contribution in [2.24, 2.45) is 0 Å². The lowest BCUT2D eigenvalue weighted by Gasteiger charge is -2.04. The second-order valence-corrected chi connectivity index (χ2v) is 4.27. The van der Waals surface area contributed by atoms with Crippen LogP contribution in [0.2, 0.25) is 5.02 Å².